The van der Waals surface area contributed by atoms with Crippen molar-refractivity contribution in [3.8, 4) is 0 Å². The average Bonchev–Trinajstić information content (AvgIpc) is 2.45. The van der Waals surface area contributed by atoms with Crippen LogP contribution in [0.3, 0.4) is 0 Å². The van der Waals surface area contributed by atoms with Gasteiger partial charge in [0, 0.05) is 19.6 Å². The largest absolute Gasteiger partial charge is 0.387 e. The molecule has 1 saturated heterocycles. The van der Waals surface area contributed by atoms with Crippen LogP contribution >= 0.6 is 0 Å². The minimum atomic E-state index is -0.468. The van der Waals surface area contributed by atoms with Crippen LogP contribution in [-0.4, -0.2) is 41.8 Å². The lowest BCUT2D eigenvalue weighted by Crippen LogP contribution is -2.49. The molecule has 0 saturated carbocycles. The van der Waals surface area contributed by atoms with Gasteiger partial charge < -0.3 is 9.84 Å². The summed E-state index contributed by atoms with van der Waals surface area (Å²) in [5, 5.41) is 13.0. The predicted octanol–water partition coefficient (Wildman–Crippen LogP) is 2.98. The Balaban J connectivity index is 1.79. The molecule has 112 valence electrons. The van der Waals surface area contributed by atoms with Crippen molar-refractivity contribution in [1.82, 2.24) is 4.90 Å². The molecule has 1 heterocycles. The van der Waals surface area contributed by atoms with Gasteiger partial charge in [-0.05, 0) is 30.2 Å². The number of hydrogen-bond donors (Lipinski definition) is 1. The molecule has 1 N–H and O–H groups in total. The topological polar surface area (TPSA) is 32.7 Å². The fourth-order valence-electron chi connectivity index (χ4n) is 3.15. The molecular formula is C18H23NO2. The molecule has 3 heteroatoms. The van der Waals surface area contributed by atoms with Crippen LogP contribution in [0.4, 0.5) is 0 Å². The Kier molecular flexibility index (Phi) is 3.98. The molecule has 2 aromatic rings. The standard InChI is InChI=1S/C18H23NO2/c1-18(2)13-19(10-11-21-18)12-17(20)16-9-5-7-14-6-3-4-8-15(14)16/h3-9,17,20H,10-13H2,1-2H3. The van der Waals surface area contributed by atoms with E-state index in [-0.39, 0.29) is 5.60 Å². The number of morpholine rings is 1. The van der Waals surface area contributed by atoms with E-state index in [4.69, 9.17) is 4.74 Å². The van der Waals surface area contributed by atoms with Crippen LogP contribution < -0.4 is 0 Å². The molecule has 21 heavy (non-hydrogen) atoms. The second-order valence-corrected chi connectivity index (χ2v) is 6.43. The van der Waals surface area contributed by atoms with Crippen LogP contribution in [0.2, 0.25) is 0 Å². The van der Waals surface area contributed by atoms with Gasteiger partial charge in [0.1, 0.15) is 0 Å². The Hall–Kier alpha value is -1.42. The van der Waals surface area contributed by atoms with E-state index in [0.717, 1.165) is 30.6 Å². The van der Waals surface area contributed by atoms with E-state index in [2.05, 4.69) is 36.9 Å². The first-order valence-corrected chi connectivity index (χ1v) is 7.57. The molecule has 0 spiro atoms. The molecule has 1 aliphatic rings. The molecule has 1 aliphatic heterocycles. The number of benzene rings is 2. The van der Waals surface area contributed by atoms with Gasteiger partial charge in [-0.15, -0.1) is 0 Å². The molecule has 0 aromatic heterocycles. The molecule has 0 aliphatic carbocycles. The first-order valence-electron chi connectivity index (χ1n) is 7.57. The fraction of sp³-hybridized carbons (Fsp3) is 0.444. The fourth-order valence-corrected chi connectivity index (χ4v) is 3.15. The number of aliphatic hydroxyl groups excluding tert-OH is 1. The molecule has 1 unspecified atom stereocenters. The van der Waals surface area contributed by atoms with Gasteiger partial charge in [0.15, 0.2) is 0 Å². The Morgan fingerprint density at radius 2 is 1.95 bits per heavy atom. The van der Waals surface area contributed by atoms with Crippen LogP contribution in [0.15, 0.2) is 42.5 Å². The first-order chi connectivity index (χ1) is 10.1. The second-order valence-electron chi connectivity index (χ2n) is 6.43. The summed E-state index contributed by atoms with van der Waals surface area (Å²) in [6, 6.07) is 14.4. The predicted molar refractivity (Wildman–Crippen MR) is 85.4 cm³/mol. The summed E-state index contributed by atoms with van der Waals surface area (Å²) < 4.78 is 5.73. The van der Waals surface area contributed by atoms with Crippen molar-refractivity contribution in [2.24, 2.45) is 0 Å². The molecule has 0 bridgehead atoms. The maximum Gasteiger partial charge on any atom is 0.0922 e. The number of rotatable bonds is 3. The third-order valence-corrected chi connectivity index (χ3v) is 4.12. The quantitative estimate of drug-likeness (QED) is 0.941. The van der Waals surface area contributed by atoms with Gasteiger partial charge >= 0.3 is 0 Å². The van der Waals surface area contributed by atoms with Crippen LogP contribution in [-0.2, 0) is 4.74 Å². The molecule has 0 radical (unpaired) electrons. The zero-order valence-corrected chi connectivity index (χ0v) is 12.7. The van der Waals surface area contributed by atoms with E-state index in [0.29, 0.717) is 6.54 Å². The van der Waals surface area contributed by atoms with Crippen molar-refractivity contribution < 1.29 is 9.84 Å². The van der Waals surface area contributed by atoms with Gasteiger partial charge in [0.25, 0.3) is 0 Å². The van der Waals surface area contributed by atoms with E-state index in [1.165, 1.54) is 5.39 Å². The number of fused-ring (bicyclic) bond motifs is 1. The summed E-state index contributed by atoms with van der Waals surface area (Å²) in [6.45, 7) is 7.32. The van der Waals surface area contributed by atoms with Crippen LogP contribution in [0, 0.1) is 0 Å². The molecule has 1 atom stereocenters. The summed E-state index contributed by atoms with van der Waals surface area (Å²) in [6.07, 6.45) is -0.468. The number of aliphatic hydroxyl groups is 1. The molecule has 1 fully saturated rings. The molecule has 0 amide bonds. The highest BCUT2D eigenvalue weighted by Crippen LogP contribution is 2.26. The van der Waals surface area contributed by atoms with Crippen molar-refractivity contribution in [2.45, 2.75) is 25.6 Å². The Labute approximate surface area is 126 Å². The maximum absolute atomic E-state index is 10.7. The van der Waals surface area contributed by atoms with Crippen LogP contribution in [0.5, 0.6) is 0 Å². The van der Waals surface area contributed by atoms with Crippen molar-refractivity contribution in [3.63, 3.8) is 0 Å². The number of nitrogens with zero attached hydrogens (tertiary/aromatic N) is 1. The van der Waals surface area contributed by atoms with Gasteiger partial charge in [-0.2, -0.15) is 0 Å². The maximum atomic E-state index is 10.7. The Morgan fingerprint density at radius 1 is 1.19 bits per heavy atom. The van der Waals surface area contributed by atoms with Gasteiger partial charge in [-0.3, -0.25) is 4.90 Å². The SMILES string of the molecule is CC1(C)CN(CC(O)c2cccc3ccccc23)CCO1. The minimum Gasteiger partial charge on any atom is -0.387 e. The summed E-state index contributed by atoms with van der Waals surface area (Å²) in [5.41, 5.74) is 0.883. The van der Waals surface area contributed by atoms with Crippen molar-refractivity contribution in [1.29, 1.82) is 0 Å². The second kappa shape index (κ2) is 5.76. The van der Waals surface area contributed by atoms with E-state index >= 15 is 0 Å². The lowest BCUT2D eigenvalue weighted by Gasteiger charge is -2.39. The molecule has 3 nitrogen and oxygen atoms in total. The summed E-state index contributed by atoms with van der Waals surface area (Å²) in [5.74, 6) is 0. The van der Waals surface area contributed by atoms with E-state index in [1.54, 1.807) is 0 Å². The first kappa shape index (κ1) is 14.5. The smallest absolute Gasteiger partial charge is 0.0922 e. The van der Waals surface area contributed by atoms with Crippen molar-refractivity contribution in [2.75, 3.05) is 26.2 Å². The Bertz CT molecular complexity index is 618. The molecule has 2 aromatic carbocycles. The number of hydrogen-bond acceptors (Lipinski definition) is 3. The highest BCUT2D eigenvalue weighted by molar-refractivity contribution is 5.85. The van der Waals surface area contributed by atoms with Crippen molar-refractivity contribution >= 4 is 10.8 Å². The van der Waals surface area contributed by atoms with Gasteiger partial charge in [-0.25, -0.2) is 0 Å². The third-order valence-electron chi connectivity index (χ3n) is 4.12. The molecular weight excluding hydrogens is 262 g/mol. The van der Waals surface area contributed by atoms with Gasteiger partial charge in [0.05, 0.1) is 18.3 Å². The van der Waals surface area contributed by atoms with E-state index in [1.807, 2.05) is 24.3 Å². The monoisotopic (exact) mass is 285 g/mol. The average molecular weight is 285 g/mol. The minimum absolute atomic E-state index is 0.128. The van der Waals surface area contributed by atoms with E-state index in [9.17, 15) is 5.11 Å². The third kappa shape index (κ3) is 3.26. The normalized spacial score (nSPS) is 20.5. The van der Waals surface area contributed by atoms with Crippen LogP contribution in [0.25, 0.3) is 10.8 Å². The van der Waals surface area contributed by atoms with Gasteiger partial charge in [0.2, 0.25) is 0 Å². The van der Waals surface area contributed by atoms with E-state index < -0.39 is 6.10 Å². The Morgan fingerprint density at radius 3 is 2.76 bits per heavy atom. The lowest BCUT2D eigenvalue weighted by atomic mass is 9.99. The highest BCUT2D eigenvalue weighted by Gasteiger charge is 2.28. The number of β-amino-alcohol motifs (C(OH)–C–C–N with tert-alkyl or cyclic N) is 1. The lowest BCUT2D eigenvalue weighted by molar-refractivity contribution is -0.0932. The summed E-state index contributed by atoms with van der Waals surface area (Å²) in [7, 11) is 0. The number of ether oxygens (including phenoxy) is 1. The zero-order chi connectivity index (χ0) is 14.9. The van der Waals surface area contributed by atoms with Crippen molar-refractivity contribution in [3.05, 3.63) is 48.0 Å². The summed E-state index contributed by atoms with van der Waals surface area (Å²) in [4.78, 5) is 2.29. The molecule has 3 rings (SSSR count). The summed E-state index contributed by atoms with van der Waals surface area (Å²) >= 11 is 0. The zero-order valence-electron chi connectivity index (χ0n) is 12.7. The van der Waals surface area contributed by atoms with Gasteiger partial charge in [-0.1, -0.05) is 42.5 Å². The highest BCUT2D eigenvalue weighted by atomic mass is 16.5. The van der Waals surface area contributed by atoms with Crippen LogP contribution in [0.1, 0.15) is 25.5 Å².